The van der Waals surface area contributed by atoms with E-state index in [1.165, 1.54) is 12.4 Å². The maximum Gasteiger partial charge on any atom is 0.243 e. The molecule has 0 bridgehead atoms. The number of amides is 1. The number of aromatic nitrogens is 4. The van der Waals surface area contributed by atoms with Gasteiger partial charge in [0.25, 0.3) is 0 Å². The summed E-state index contributed by atoms with van der Waals surface area (Å²) in [6, 6.07) is 3.72. The van der Waals surface area contributed by atoms with Gasteiger partial charge in [0.05, 0.1) is 13.2 Å². The Morgan fingerprint density at radius 2 is 2.39 bits per heavy atom. The van der Waals surface area contributed by atoms with E-state index in [0.717, 1.165) is 18.4 Å². The van der Waals surface area contributed by atoms with Crippen LogP contribution in [0.4, 0.5) is 0 Å². The van der Waals surface area contributed by atoms with Crippen LogP contribution in [-0.4, -0.2) is 32.3 Å². The minimum Gasteiger partial charge on any atom is -0.477 e. The van der Waals surface area contributed by atoms with Gasteiger partial charge in [0.2, 0.25) is 11.8 Å². The van der Waals surface area contributed by atoms with Gasteiger partial charge >= 0.3 is 0 Å². The van der Waals surface area contributed by atoms with E-state index in [2.05, 4.69) is 27.3 Å². The molecule has 0 fully saturated rings. The summed E-state index contributed by atoms with van der Waals surface area (Å²) in [6.07, 6.45) is 9.99. The first-order chi connectivity index (χ1) is 11.3. The van der Waals surface area contributed by atoms with E-state index in [4.69, 9.17) is 4.74 Å². The number of pyridine rings is 1. The highest BCUT2D eigenvalue weighted by Crippen LogP contribution is 2.14. The van der Waals surface area contributed by atoms with E-state index in [1.807, 2.05) is 12.1 Å². The van der Waals surface area contributed by atoms with E-state index < -0.39 is 0 Å². The average molecular weight is 315 g/mol. The molecule has 7 heteroatoms. The zero-order valence-electron chi connectivity index (χ0n) is 13.2. The molecule has 0 atom stereocenters. The van der Waals surface area contributed by atoms with Crippen LogP contribution in [0.2, 0.25) is 0 Å². The van der Waals surface area contributed by atoms with E-state index in [0.29, 0.717) is 25.6 Å². The molecule has 0 unspecified atom stereocenters. The lowest BCUT2D eigenvalue weighted by atomic mass is 10.2. The molecule has 0 aromatic carbocycles. The molecule has 0 saturated heterocycles. The fourth-order valence-electron chi connectivity index (χ4n) is 1.84. The second-order valence-corrected chi connectivity index (χ2v) is 4.91. The second-order valence-electron chi connectivity index (χ2n) is 4.91. The van der Waals surface area contributed by atoms with Crippen molar-refractivity contribution < 1.29 is 9.53 Å². The van der Waals surface area contributed by atoms with E-state index in [-0.39, 0.29) is 5.91 Å². The lowest BCUT2D eigenvalue weighted by Crippen LogP contribution is -2.21. The number of ether oxygens (including phenoxy) is 1. The zero-order valence-corrected chi connectivity index (χ0v) is 13.2. The molecule has 23 heavy (non-hydrogen) atoms. The molecule has 0 aliphatic heterocycles. The molecule has 2 rings (SSSR count). The van der Waals surface area contributed by atoms with Crippen molar-refractivity contribution >= 4 is 5.91 Å². The molecule has 1 amide bonds. The number of allylic oxidation sites excluding steroid dienone is 1. The number of rotatable bonds is 9. The zero-order chi connectivity index (χ0) is 16.3. The third kappa shape index (κ3) is 5.90. The van der Waals surface area contributed by atoms with Crippen LogP contribution in [0.25, 0.3) is 0 Å². The van der Waals surface area contributed by atoms with Crippen LogP contribution in [0.15, 0.2) is 43.1 Å². The number of nitrogens with zero attached hydrogens (tertiary/aromatic N) is 4. The molecule has 122 valence electrons. The van der Waals surface area contributed by atoms with Crippen molar-refractivity contribution in [1.29, 1.82) is 0 Å². The van der Waals surface area contributed by atoms with Gasteiger partial charge < -0.3 is 10.1 Å². The van der Waals surface area contributed by atoms with Gasteiger partial charge in [0.1, 0.15) is 12.7 Å². The molecule has 2 aromatic heterocycles. The summed E-state index contributed by atoms with van der Waals surface area (Å²) in [5.41, 5.74) is 0.863. The van der Waals surface area contributed by atoms with Crippen LogP contribution < -0.4 is 10.1 Å². The Balaban J connectivity index is 1.80. The molecular formula is C16H21N5O2. The number of hydrogen-bond acceptors (Lipinski definition) is 5. The number of carbonyl (C=O) groups is 1. The van der Waals surface area contributed by atoms with Crippen molar-refractivity contribution in [3.05, 3.63) is 48.7 Å². The lowest BCUT2D eigenvalue weighted by Gasteiger charge is -2.10. The minimum absolute atomic E-state index is 0.173. The smallest absolute Gasteiger partial charge is 0.243 e. The summed E-state index contributed by atoms with van der Waals surface area (Å²) < 4.78 is 7.27. The molecule has 0 radical (unpaired) electrons. The third-order valence-corrected chi connectivity index (χ3v) is 3.07. The molecule has 1 N–H and O–H groups in total. The molecule has 0 spiro atoms. The first-order valence-electron chi connectivity index (χ1n) is 7.63. The maximum absolute atomic E-state index is 11.8. The highest BCUT2D eigenvalue weighted by Gasteiger charge is 2.05. The molecular weight excluding hydrogens is 294 g/mol. The topological polar surface area (TPSA) is 81.9 Å². The van der Waals surface area contributed by atoms with Crippen molar-refractivity contribution in [2.45, 2.75) is 32.9 Å². The van der Waals surface area contributed by atoms with Crippen LogP contribution in [0.5, 0.6) is 5.88 Å². The van der Waals surface area contributed by atoms with Crippen LogP contribution in [0.1, 0.15) is 25.3 Å². The Bertz CT molecular complexity index is 625. The normalized spacial score (nSPS) is 10.8. The van der Waals surface area contributed by atoms with E-state index in [9.17, 15) is 4.79 Å². The Morgan fingerprint density at radius 3 is 3.17 bits per heavy atom. The predicted molar refractivity (Wildman–Crippen MR) is 85.6 cm³/mol. The summed E-state index contributed by atoms with van der Waals surface area (Å²) in [5.74, 6) is 0.404. The number of hydrogen-bond donors (Lipinski definition) is 1. The number of unbranched alkanes of at least 4 members (excludes halogenated alkanes) is 1. The molecule has 0 aliphatic carbocycles. The maximum atomic E-state index is 11.8. The predicted octanol–water partition coefficient (Wildman–Crippen LogP) is 1.72. The van der Waals surface area contributed by atoms with Gasteiger partial charge in [-0.2, -0.15) is 5.10 Å². The standard InChI is InChI=1S/C16H21N5O2/c1-2-3-10-23-16-14(6-4-8-18-16)11-19-15(22)7-5-9-21-13-17-12-20-21/h4-8,12-13H,2-3,9-11H2,1H3,(H,19,22). The van der Waals surface area contributed by atoms with Crippen LogP contribution in [-0.2, 0) is 17.9 Å². The first kappa shape index (κ1) is 16.7. The summed E-state index contributed by atoms with van der Waals surface area (Å²) >= 11 is 0. The van der Waals surface area contributed by atoms with Gasteiger partial charge in [0, 0.05) is 24.4 Å². The quantitative estimate of drug-likeness (QED) is 0.563. The molecule has 0 saturated carbocycles. The number of carbonyl (C=O) groups excluding carboxylic acids is 1. The van der Waals surface area contributed by atoms with Gasteiger partial charge in [-0.3, -0.25) is 4.79 Å². The van der Waals surface area contributed by atoms with Crippen LogP contribution in [0, 0.1) is 0 Å². The Morgan fingerprint density at radius 1 is 1.48 bits per heavy atom. The van der Waals surface area contributed by atoms with Crippen LogP contribution in [0.3, 0.4) is 0 Å². The fraction of sp³-hybridized carbons (Fsp3) is 0.375. The summed E-state index contributed by atoms with van der Waals surface area (Å²) in [5, 5.41) is 6.77. The van der Waals surface area contributed by atoms with Gasteiger partial charge in [0.15, 0.2) is 0 Å². The fourth-order valence-corrected chi connectivity index (χ4v) is 1.84. The van der Waals surface area contributed by atoms with Gasteiger partial charge in [-0.05, 0) is 12.5 Å². The lowest BCUT2D eigenvalue weighted by molar-refractivity contribution is -0.116. The van der Waals surface area contributed by atoms with E-state index in [1.54, 1.807) is 23.3 Å². The highest BCUT2D eigenvalue weighted by atomic mass is 16.5. The van der Waals surface area contributed by atoms with Gasteiger partial charge in [-0.15, -0.1) is 0 Å². The van der Waals surface area contributed by atoms with Gasteiger partial charge in [-0.25, -0.2) is 14.6 Å². The molecule has 2 aromatic rings. The molecule has 2 heterocycles. The molecule has 0 aliphatic rings. The summed E-state index contributed by atoms with van der Waals surface area (Å²) in [7, 11) is 0. The Labute approximate surface area is 135 Å². The Hall–Kier alpha value is -2.70. The van der Waals surface area contributed by atoms with Crippen molar-refractivity contribution in [1.82, 2.24) is 25.1 Å². The van der Waals surface area contributed by atoms with E-state index >= 15 is 0 Å². The third-order valence-electron chi connectivity index (χ3n) is 3.07. The monoisotopic (exact) mass is 315 g/mol. The SMILES string of the molecule is CCCCOc1ncccc1CNC(=O)C=CCn1cncn1. The first-order valence-corrected chi connectivity index (χ1v) is 7.63. The van der Waals surface area contributed by atoms with Crippen LogP contribution >= 0.6 is 0 Å². The van der Waals surface area contributed by atoms with Crippen molar-refractivity contribution in [2.75, 3.05) is 6.61 Å². The summed E-state index contributed by atoms with van der Waals surface area (Å²) in [4.78, 5) is 19.9. The summed E-state index contributed by atoms with van der Waals surface area (Å²) in [6.45, 7) is 3.62. The Kier molecular flexibility index (Phi) is 6.77. The van der Waals surface area contributed by atoms with Gasteiger partial charge in [-0.1, -0.05) is 25.5 Å². The van der Waals surface area contributed by atoms with Crippen molar-refractivity contribution in [3.63, 3.8) is 0 Å². The second kappa shape index (κ2) is 9.34. The average Bonchev–Trinajstić information content (AvgIpc) is 3.07. The largest absolute Gasteiger partial charge is 0.477 e. The van der Waals surface area contributed by atoms with Crippen molar-refractivity contribution in [3.8, 4) is 5.88 Å². The minimum atomic E-state index is -0.173. The number of nitrogens with one attached hydrogen (secondary N) is 1. The highest BCUT2D eigenvalue weighted by molar-refractivity contribution is 5.87. The molecule has 7 nitrogen and oxygen atoms in total. The van der Waals surface area contributed by atoms with Crippen molar-refractivity contribution in [2.24, 2.45) is 0 Å².